The van der Waals surface area contributed by atoms with E-state index < -0.39 is 0 Å². The van der Waals surface area contributed by atoms with Gasteiger partial charge < -0.3 is 10.4 Å². The fourth-order valence-corrected chi connectivity index (χ4v) is 2.28. The molecule has 0 aliphatic rings. The zero-order valence-electron chi connectivity index (χ0n) is 12.0. The summed E-state index contributed by atoms with van der Waals surface area (Å²) in [5.41, 5.74) is 3.71. The largest absolute Gasteiger partial charge is 0.396 e. The Morgan fingerprint density at radius 1 is 0.900 bits per heavy atom. The molecule has 2 aromatic carbocycles. The van der Waals surface area contributed by atoms with Gasteiger partial charge in [-0.05, 0) is 49.4 Å². The zero-order chi connectivity index (χ0) is 14.2. The lowest BCUT2D eigenvalue weighted by Crippen LogP contribution is -2.15. The Morgan fingerprint density at radius 3 is 2.20 bits per heavy atom. The average Bonchev–Trinajstić information content (AvgIpc) is 2.49. The standard InChI is InChI=1S/C18H23NO/c1-15(7-8-16-5-3-2-4-6-16)19-18-11-9-17(10-12-18)13-14-20/h2-6,9-12,15,19-20H,7-8,13-14H2,1H3. The molecule has 2 N–H and O–H groups in total. The predicted molar refractivity (Wildman–Crippen MR) is 85.1 cm³/mol. The molecule has 2 heteroatoms. The van der Waals surface area contributed by atoms with Crippen molar-refractivity contribution in [1.29, 1.82) is 0 Å². The minimum Gasteiger partial charge on any atom is -0.396 e. The highest BCUT2D eigenvalue weighted by molar-refractivity contribution is 5.45. The van der Waals surface area contributed by atoms with Crippen LogP contribution in [0.1, 0.15) is 24.5 Å². The molecule has 106 valence electrons. The van der Waals surface area contributed by atoms with Gasteiger partial charge in [-0.1, -0.05) is 42.5 Å². The Bertz CT molecular complexity index is 493. The van der Waals surface area contributed by atoms with E-state index in [-0.39, 0.29) is 6.61 Å². The van der Waals surface area contributed by atoms with E-state index in [0.717, 1.165) is 24.9 Å². The summed E-state index contributed by atoms with van der Waals surface area (Å²) in [7, 11) is 0. The first kappa shape index (κ1) is 14.6. The summed E-state index contributed by atoms with van der Waals surface area (Å²) < 4.78 is 0. The van der Waals surface area contributed by atoms with Gasteiger partial charge in [0, 0.05) is 18.3 Å². The van der Waals surface area contributed by atoms with E-state index in [9.17, 15) is 0 Å². The molecule has 2 rings (SSSR count). The summed E-state index contributed by atoms with van der Waals surface area (Å²) in [6, 6.07) is 19.4. The van der Waals surface area contributed by atoms with E-state index in [2.05, 4.69) is 66.8 Å². The van der Waals surface area contributed by atoms with Crippen LogP contribution >= 0.6 is 0 Å². The molecular formula is C18H23NO. The first-order valence-corrected chi connectivity index (χ1v) is 7.28. The van der Waals surface area contributed by atoms with Crippen LogP contribution in [0.15, 0.2) is 54.6 Å². The van der Waals surface area contributed by atoms with E-state index in [1.54, 1.807) is 0 Å². The molecule has 0 saturated heterocycles. The highest BCUT2D eigenvalue weighted by atomic mass is 16.2. The molecule has 20 heavy (non-hydrogen) atoms. The van der Waals surface area contributed by atoms with Gasteiger partial charge in [0.15, 0.2) is 0 Å². The lowest BCUT2D eigenvalue weighted by atomic mass is 10.1. The molecule has 0 fully saturated rings. The molecule has 2 nitrogen and oxygen atoms in total. The van der Waals surface area contributed by atoms with Gasteiger partial charge in [0.2, 0.25) is 0 Å². The van der Waals surface area contributed by atoms with Crippen LogP contribution in [0.25, 0.3) is 0 Å². The minimum atomic E-state index is 0.209. The maximum Gasteiger partial charge on any atom is 0.0471 e. The van der Waals surface area contributed by atoms with Crippen LogP contribution in [-0.4, -0.2) is 17.8 Å². The van der Waals surface area contributed by atoms with Crippen LogP contribution in [0.4, 0.5) is 5.69 Å². The Morgan fingerprint density at radius 2 is 1.55 bits per heavy atom. The lowest BCUT2D eigenvalue weighted by molar-refractivity contribution is 0.299. The van der Waals surface area contributed by atoms with Crippen molar-refractivity contribution in [3.05, 3.63) is 65.7 Å². The molecule has 1 atom stereocenters. The minimum absolute atomic E-state index is 0.209. The van der Waals surface area contributed by atoms with Gasteiger partial charge in [-0.25, -0.2) is 0 Å². The van der Waals surface area contributed by atoms with Crippen molar-refractivity contribution in [3.8, 4) is 0 Å². The SMILES string of the molecule is CC(CCc1ccccc1)Nc1ccc(CCO)cc1. The van der Waals surface area contributed by atoms with Gasteiger partial charge in [-0.3, -0.25) is 0 Å². The molecule has 0 amide bonds. The van der Waals surface area contributed by atoms with Crippen LogP contribution in [0.2, 0.25) is 0 Å². The van der Waals surface area contributed by atoms with Crippen molar-refractivity contribution in [2.24, 2.45) is 0 Å². The fraction of sp³-hybridized carbons (Fsp3) is 0.333. The number of anilines is 1. The first-order chi connectivity index (χ1) is 9.78. The number of hydrogen-bond donors (Lipinski definition) is 2. The third kappa shape index (κ3) is 4.71. The van der Waals surface area contributed by atoms with Gasteiger partial charge in [0.1, 0.15) is 0 Å². The number of aliphatic hydroxyl groups is 1. The topological polar surface area (TPSA) is 32.3 Å². The van der Waals surface area contributed by atoms with Crippen molar-refractivity contribution in [2.45, 2.75) is 32.2 Å². The summed E-state index contributed by atoms with van der Waals surface area (Å²) in [4.78, 5) is 0. The van der Waals surface area contributed by atoms with E-state index in [1.165, 1.54) is 11.1 Å². The van der Waals surface area contributed by atoms with Crippen LogP contribution in [0, 0.1) is 0 Å². The Kier molecular flexibility index (Phi) is 5.63. The molecule has 0 spiro atoms. The van der Waals surface area contributed by atoms with Crippen molar-refractivity contribution >= 4 is 5.69 Å². The Balaban J connectivity index is 1.80. The average molecular weight is 269 g/mol. The van der Waals surface area contributed by atoms with Gasteiger partial charge >= 0.3 is 0 Å². The third-order valence-corrected chi connectivity index (χ3v) is 3.48. The highest BCUT2D eigenvalue weighted by Gasteiger charge is 2.03. The van der Waals surface area contributed by atoms with Crippen LogP contribution in [-0.2, 0) is 12.8 Å². The van der Waals surface area contributed by atoms with E-state index in [1.807, 2.05) is 0 Å². The summed E-state index contributed by atoms with van der Waals surface area (Å²) in [6.45, 7) is 2.42. The van der Waals surface area contributed by atoms with Crippen molar-refractivity contribution < 1.29 is 5.11 Å². The van der Waals surface area contributed by atoms with Crippen LogP contribution in [0.5, 0.6) is 0 Å². The summed E-state index contributed by atoms with van der Waals surface area (Å²) >= 11 is 0. The summed E-state index contributed by atoms with van der Waals surface area (Å²) in [5, 5.41) is 12.4. The number of nitrogens with one attached hydrogen (secondary N) is 1. The first-order valence-electron chi connectivity index (χ1n) is 7.28. The highest BCUT2D eigenvalue weighted by Crippen LogP contribution is 2.13. The summed E-state index contributed by atoms with van der Waals surface area (Å²) in [5.74, 6) is 0. The van der Waals surface area contributed by atoms with Gasteiger partial charge in [-0.2, -0.15) is 0 Å². The van der Waals surface area contributed by atoms with Gasteiger partial charge in [0.05, 0.1) is 0 Å². The molecular weight excluding hydrogens is 246 g/mol. The Hall–Kier alpha value is -1.80. The van der Waals surface area contributed by atoms with E-state index in [4.69, 9.17) is 5.11 Å². The third-order valence-electron chi connectivity index (χ3n) is 3.48. The second kappa shape index (κ2) is 7.71. The molecule has 0 radical (unpaired) electrons. The molecule has 0 bridgehead atoms. The smallest absolute Gasteiger partial charge is 0.0471 e. The second-order valence-electron chi connectivity index (χ2n) is 5.24. The maximum atomic E-state index is 8.90. The Labute approximate surface area is 121 Å². The predicted octanol–water partition coefficient (Wildman–Crippen LogP) is 3.65. The van der Waals surface area contributed by atoms with Crippen LogP contribution < -0.4 is 5.32 Å². The molecule has 0 saturated carbocycles. The summed E-state index contributed by atoms with van der Waals surface area (Å²) in [6.07, 6.45) is 2.93. The number of hydrogen-bond acceptors (Lipinski definition) is 2. The monoisotopic (exact) mass is 269 g/mol. The number of rotatable bonds is 7. The molecule has 0 aliphatic heterocycles. The van der Waals surface area contributed by atoms with Crippen molar-refractivity contribution in [1.82, 2.24) is 0 Å². The normalized spacial score (nSPS) is 12.1. The lowest BCUT2D eigenvalue weighted by Gasteiger charge is -2.15. The number of aliphatic hydroxyl groups excluding tert-OH is 1. The molecule has 0 heterocycles. The number of aryl methyl sites for hydroxylation is 1. The molecule has 0 aromatic heterocycles. The molecule has 1 unspecified atom stereocenters. The van der Waals surface area contributed by atoms with Gasteiger partial charge in [0.25, 0.3) is 0 Å². The van der Waals surface area contributed by atoms with E-state index >= 15 is 0 Å². The van der Waals surface area contributed by atoms with E-state index in [0.29, 0.717) is 6.04 Å². The quantitative estimate of drug-likeness (QED) is 0.804. The fourth-order valence-electron chi connectivity index (χ4n) is 2.28. The van der Waals surface area contributed by atoms with Gasteiger partial charge in [-0.15, -0.1) is 0 Å². The second-order valence-corrected chi connectivity index (χ2v) is 5.24. The van der Waals surface area contributed by atoms with Crippen molar-refractivity contribution in [3.63, 3.8) is 0 Å². The van der Waals surface area contributed by atoms with Crippen LogP contribution in [0.3, 0.4) is 0 Å². The molecule has 2 aromatic rings. The number of benzene rings is 2. The molecule has 0 aliphatic carbocycles. The maximum absolute atomic E-state index is 8.90. The zero-order valence-corrected chi connectivity index (χ0v) is 12.0. The van der Waals surface area contributed by atoms with Crippen molar-refractivity contribution in [2.75, 3.05) is 11.9 Å².